The van der Waals surface area contributed by atoms with E-state index >= 15 is 0 Å². The second kappa shape index (κ2) is 6.62. The standard InChI is InChI=1S/C14H25N3O4/c1-4-10-8-16(6-5-15(10)2)14(20)17-9-11(21-3)7-12(17)13(18)19/h10-12H,4-9H2,1-3H3,(H,18,19). The van der Waals surface area contributed by atoms with Gasteiger partial charge >= 0.3 is 12.0 Å². The summed E-state index contributed by atoms with van der Waals surface area (Å²) in [4.78, 5) is 29.5. The zero-order valence-corrected chi connectivity index (χ0v) is 13.0. The smallest absolute Gasteiger partial charge is 0.326 e. The number of rotatable bonds is 3. The number of methoxy groups -OCH3 is 1. The van der Waals surface area contributed by atoms with E-state index in [4.69, 9.17) is 4.74 Å². The highest BCUT2D eigenvalue weighted by atomic mass is 16.5. The van der Waals surface area contributed by atoms with Crippen LogP contribution >= 0.6 is 0 Å². The molecule has 1 N–H and O–H groups in total. The molecule has 3 atom stereocenters. The highest BCUT2D eigenvalue weighted by Crippen LogP contribution is 2.23. The zero-order valence-electron chi connectivity index (χ0n) is 13.0. The van der Waals surface area contributed by atoms with E-state index in [1.165, 1.54) is 4.90 Å². The summed E-state index contributed by atoms with van der Waals surface area (Å²) in [6.45, 7) is 4.59. The molecular formula is C14H25N3O4. The molecule has 0 aromatic carbocycles. The Kier molecular flexibility index (Phi) is 5.05. The predicted octanol–water partition coefficient (Wildman–Crippen LogP) is 0.306. The SMILES string of the molecule is CCC1CN(C(=O)N2CC(OC)CC2C(=O)O)CCN1C. The molecule has 2 saturated heterocycles. The average Bonchev–Trinajstić information content (AvgIpc) is 2.91. The number of ether oxygens (including phenoxy) is 1. The molecule has 3 unspecified atom stereocenters. The van der Waals surface area contributed by atoms with Crippen molar-refractivity contribution in [1.82, 2.24) is 14.7 Å². The molecule has 0 bridgehead atoms. The molecule has 0 aromatic rings. The summed E-state index contributed by atoms with van der Waals surface area (Å²) < 4.78 is 5.23. The number of likely N-dealkylation sites (tertiary alicyclic amines) is 1. The number of carbonyl (C=O) groups is 2. The van der Waals surface area contributed by atoms with Gasteiger partial charge in [0, 0.05) is 45.8 Å². The maximum atomic E-state index is 12.7. The topological polar surface area (TPSA) is 73.3 Å². The lowest BCUT2D eigenvalue weighted by Gasteiger charge is -2.41. The molecule has 21 heavy (non-hydrogen) atoms. The molecule has 2 amide bonds. The molecule has 120 valence electrons. The zero-order chi connectivity index (χ0) is 15.6. The third-order valence-corrected chi connectivity index (χ3v) is 4.65. The summed E-state index contributed by atoms with van der Waals surface area (Å²) in [6.07, 6.45) is 1.15. The summed E-state index contributed by atoms with van der Waals surface area (Å²) >= 11 is 0. The molecule has 7 heteroatoms. The van der Waals surface area contributed by atoms with Crippen molar-refractivity contribution in [2.75, 3.05) is 40.3 Å². The average molecular weight is 299 g/mol. The van der Waals surface area contributed by atoms with Crippen LogP contribution < -0.4 is 0 Å². The third-order valence-electron chi connectivity index (χ3n) is 4.65. The number of amides is 2. The molecule has 0 radical (unpaired) electrons. The van der Waals surface area contributed by atoms with Crippen LogP contribution in [0.15, 0.2) is 0 Å². The summed E-state index contributed by atoms with van der Waals surface area (Å²) in [6, 6.07) is -0.609. The number of carboxylic acid groups (broad SMARTS) is 1. The quantitative estimate of drug-likeness (QED) is 0.812. The summed E-state index contributed by atoms with van der Waals surface area (Å²) in [5.74, 6) is -0.955. The predicted molar refractivity (Wildman–Crippen MR) is 77.2 cm³/mol. The lowest BCUT2D eigenvalue weighted by Crippen LogP contribution is -2.57. The normalized spacial score (nSPS) is 30.7. The van der Waals surface area contributed by atoms with Crippen LogP contribution in [0.4, 0.5) is 4.79 Å². The van der Waals surface area contributed by atoms with E-state index in [9.17, 15) is 14.7 Å². The van der Waals surface area contributed by atoms with Crippen molar-refractivity contribution in [2.45, 2.75) is 38.0 Å². The Bertz CT molecular complexity index is 404. The largest absolute Gasteiger partial charge is 0.480 e. The van der Waals surface area contributed by atoms with Gasteiger partial charge in [0.15, 0.2) is 0 Å². The monoisotopic (exact) mass is 299 g/mol. The fraction of sp³-hybridized carbons (Fsp3) is 0.857. The van der Waals surface area contributed by atoms with Crippen LogP contribution in [0.3, 0.4) is 0 Å². The van der Waals surface area contributed by atoms with Crippen LogP contribution in [0.5, 0.6) is 0 Å². The number of carboxylic acids is 1. The van der Waals surface area contributed by atoms with E-state index < -0.39 is 12.0 Å². The van der Waals surface area contributed by atoms with Gasteiger partial charge in [-0.05, 0) is 13.5 Å². The van der Waals surface area contributed by atoms with Crippen LogP contribution in [-0.4, -0.2) is 90.3 Å². The van der Waals surface area contributed by atoms with Gasteiger partial charge in [-0.2, -0.15) is 0 Å². The van der Waals surface area contributed by atoms with Crippen molar-refractivity contribution in [3.8, 4) is 0 Å². The first kappa shape index (κ1) is 16.0. The Morgan fingerprint density at radius 1 is 1.29 bits per heavy atom. The van der Waals surface area contributed by atoms with E-state index in [1.54, 1.807) is 12.0 Å². The number of hydrogen-bond acceptors (Lipinski definition) is 4. The minimum Gasteiger partial charge on any atom is -0.480 e. The van der Waals surface area contributed by atoms with Crippen LogP contribution in [-0.2, 0) is 9.53 Å². The molecule has 0 aliphatic carbocycles. The maximum absolute atomic E-state index is 12.7. The van der Waals surface area contributed by atoms with Gasteiger partial charge in [-0.15, -0.1) is 0 Å². The highest BCUT2D eigenvalue weighted by molar-refractivity contribution is 5.83. The lowest BCUT2D eigenvalue weighted by molar-refractivity contribution is -0.141. The summed E-state index contributed by atoms with van der Waals surface area (Å²) in [5, 5.41) is 9.31. The number of piperazine rings is 1. The number of carbonyl (C=O) groups excluding carboxylic acids is 1. The molecule has 2 heterocycles. The molecule has 0 saturated carbocycles. The highest BCUT2D eigenvalue weighted by Gasteiger charge is 2.42. The van der Waals surface area contributed by atoms with Gasteiger partial charge < -0.3 is 19.6 Å². The first-order chi connectivity index (χ1) is 9.97. The number of likely N-dealkylation sites (N-methyl/N-ethyl adjacent to an activating group) is 1. The van der Waals surface area contributed by atoms with Crippen molar-refractivity contribution in [3.05, 3.63) is 0 Å². The number of hydrogen-bond donors (Lipinski definition) is 1. The maximum Gasteiger partial charge on any atom is 0.326 e. The fourth-order valence-corrected chi connectivity index (χ4v) is 3.16. The number of nitrogens with zero attached hydrogens (tertiary/aromatic N) is 3. The molecule has 2 aliphatic heterocycles. The van der Waals surface area contributed by atoms with Gasteiger partial charge in [0.25, 0.3) is 0 Å². The van der Waals surface area contributed by atoms with E-state index in [0.29, 0.717) is 32.1 Å². The third kappa shape index (κ3) is 3.29. The van der Waals surface area contributed by atoms with Crippen LogP contribution in [0, 0.1) is 0 Å². The van der Waals surface area contributed by atoms with Crippen LogP contribution in [0.25, 0.3) is 0 Å². The van der Waals surface area contributed by atoms with E-state index in [-0.39, 0.29) is 12.1 Å². The fourth-order valence-electron chi connectivity index (χ4n) is 3.16. The van der Waals surface area contributed by atoms with Crippen LogP contribution in [0.2, 0.25) is 0 Å². The number of aliphatic carboxylic acids is 1. The van der Waals surface area contributed by atoms with E-state index in [2.05, 4.69) is 18.9 Å². The first-order valence-electron chi connectivity index (χ1n) is 7.49. The van der Waals surface area contributed by atoms with Gasteiger partial charge in [0.1, 0.15) is 6.04 Å². The number of urea groups is 1. The van der Waals surface area contributed by atoms with E-state index in [0.717, 1.165) is 13.0 Å². The Hall–Kier alpha value is -1.34. The molecule has 0 spiro atoms. The summed E-state index contributed by atoms with van der Waals surface area (Å²) in [7, 11) is 3.62. The molecule has 2 fully saturated rings. The second-order valence-corrected chi connectivity index (χ2v) is 5.87. The van der Waals surface area contributed by atoms with Gasteiger partial charge in [-0.1, -0.05) is 6.92 Å². The molecule has 2 aliphatic rings. The van der Waals surface area contributed by atoms with E-state index in [1.807, 2.05) is 0 Å². The lowest BCUT2D eigenvalue weighted by atomic mass is 10.1. The van der Waals surface area contributed by atoms with Crippen LogP contribution in [0.1, 0.15) is 19.8 Å². The molecule has 7 nitrogen and oxygen atoms in total. The van der Waals surface area contributed by atoms with Crippen molar-refractivity contribution in [2.24, 2.45) is 0 Å². The Labute approximate surface area is 125 Å². The minimum atomic E-state index is -0.955. The van der Waals surface area contributed by atoms with Gasteiger partial charge in [0.05, 0.1) is 6.10 Å². The molecule has 2 rings (SSSR count). The first-order valence-corrected chi connectivity index (χ1v) is 7.49. The van der Waals surface area contributed by atoms with Crippen molar-refractivity contribution < 1.29 is 19.4 Å². The Balaban J connectivity index is 2.06. The molecule has 0 aromatic heterocycles. The van der Waals surface area contributed by atoms with Gasteiger partial charge in [-0.3, -0.25) is 4.90 Å². The summed E-state index contributed by atoms with van der Waals surface area (Å²) in [5.41, 5.74) is 0. The van der Waals surface area contributed by atoms with Gasteiger partial charge in [-0.25, -0.2) is 9.59 Å². The Morgan fingerprint density at radius 2 is 2.00 bits per heavy atom. The van der Waals surface area contributed by atoms with Gasteiger partial charge in [0.2, 0.25) is 0 Å². The van der Waals surface area contributed by atoms with Crippen molar-refractivity contribution in [3.63, 3.8) is 0 Å². The molecular weight excluding hydrogens is 274 g/mol. The Morgan fingerprint density at radius 3 is 2.57 bits per heavy atom. The minimum absolute atomic E-state index is 0.173. The second-order valence-electron chi connectivity index (χ2n) is 5.87. The van der Waals surface area contributed by atoms with Crippen molar-refractivity contribution in [1.29, 1.82) is 0 Å². The van der Waals surface area contributed by atoms with Crippen molar-refractivity contribution >= 4 is 12.0 Å².